The molecule has 1 aliphatic heterocycles. The zero-order chi connectivity index (χ0) is 23.6. The van der Waals surface area contributed by atoms with Crippen molar-refractivity contribution in [2.45, 2.75) is 78.8 Å². The van der Waals surface area contributed by atoms with E-state index in [0.29, 0.717) is 23.6 Å². The zero-order valence-electron chi connectivity index (χ0n) is 19.6. The van der Waals surface area contributed by atoms with E-state index in [9.17, 15) is 9.90 Å². The number of hydrogen-bond donors (Lipinski definition) is 1. The van der Waals surface area contributed by atoms with E-state index in [2.05, 4.69) is 27.0 Å². The summed E-state index contributed by atoms with van der Waals surface area (Å²) in [6.07, 6.45) is 0.520. The fourth-order valence-corrected chi connectivity index (χ4v) is 4.36. The van der Waals surface area contributed by atoms with Crippen molar-refractivity contribution in [1.29, 1.82) is 0 Å². The summed E-state index contributed by atoms with van der Waals surface area (Å²) < 4.78 is 18.3. The molecular weight excluding hydrogens is 474 g/mol. The Morgan fingerprint density at radius 1 is 1.31 bits per heavy atom. The summed E-state index contributed by atoms with van der Waals surface area (Å²) in [4.78, 5) is 17.8. The zero-order valence-corrected chi connectivity index (χ0v) is 21.2. The molecule has 3 rings (SSSR count). The number of rotatable bonds is 6. The van der Waals surface area contributed by atoms with Crippen molar-refractivity contribution in [3.8, 4) is 16.9 Å². The normalized spacial score (nSPS) is 14.7. The third-order valence-electron chi connectivity index (χ3n) is 5.07. The molecule has 1 N–H and O–H groups in total. The Kier molecular flexibility index (Phi) is 7.63. The molecule has 0 radical (unpaired) electrons. The predicted molar refractivity (Wildman–Crippen MR) is 127 cm³/mol. The average molecular weight is 506 g/mol. The van der Waals surface area contributed by atoms with Crippen molar-refractivity contribution in [2.75, 3.05) is 6.61 Å². The fourth-order valence-electron chi connectivity index (χ4n) is 3.83. The Morgan fingerprint density at radius 2 is 2.03 bits per heavy atom. The number of halogens is 1. The number of hydrogen-bond acceptors (Lipinski definition) is 6. The summed E-state index contributed by atoms with van der Waals surface area (Å²) in [6.45, 7) is 11.5. The molecule has 1 aromatic heterocycles. The second kappa shape index (κ2) is 9.89. The Labute approximate surface area is 198 Å². The molecule has 0 fully saturated rings. The second-order valence-electron chi connectivity index (χ2n) is 9.28. The van der Waals surface area contributed by atoms with Gasteiger partial charge in [0.05, 0.1) is 36.3 Å². The molecule has 0 saturated carbocycles. The standard InChI is InChI=1S/C25H32BrNO5/c1-14(2)31-24(29)23(32-25(4,5)6)21-18(13-28)27-15(3)22(26)20(21)17-9-10-19-16(12-17)8-7-11-30-19/h9-10,12,14,23,28H,7-8,11,13H2,1-6H3/t23-/m0/s1. The van der Waals surface area contributed by atoms with Gasteiger partial charge in [0.1, 0.15) is 5.75 Å². The summed E-state index contributed by atoms with van der Waals surface area (Å²) >= 11 is 3.69. The molecule has 2 aromatic rings. The average Bonchev–Trinajstić information content (AvgIpc) is 2.72. The van der Waals surface area contributed by atoms with Gasteiger partial charge in [-0.3, -0.25) is 4.98 Å². The van der Waals surface area contributed by atoms with Crippen molar-refractivity contribution in [1.82, 2.24) is 4.98 Å². The molecule has 6 nitrogen and oxygen atoms in total. The van der Waals surface area contributed by atoms with Crippen LogP contribution in [-0.4, -0.2) is 34.4 Å². The smallest absolute Gasteiger partial charge is 0.340 e. The molecule has 0 aliphatic carbocycles. The third kappa shape index (κ3) is 5.50. The maximum absolute atomic E-state index is 13.2. The van der Waals surface area contributed by atoms with Crippen LogP contribution in [0.4, 0.5) is 0 Å². The van der Waals surface area contributed by atoms with Gasteiger partial charge in [-0.15, -0.1) is 0 Å². The minimum atomic E-state index is -1.05. The molecule has 1 atom stereocenters. The maximum atomic E-state index is 13.2. The van der Waals surface area contributed by atoms with Gasteiger partial charge in [0.25, 0.3) is 0 Å². The first-order chi connectivity index (χ1) is 15.0. The monoisotopic (exact) mass is 505 g/mol. The fraction of sp³-hybridized carbons (Fsp3) is 0.520. The van der Waals surface area contributed by atoms with E-state index in [1.807, 2.05) is 39.8 Å². The van der Waals surface area contributed by atoms with E-state index in [4.69, 9.17) is 14.2 Å². The number of aryl methyl sites for hydroxylation is 2. The third-order valence-corrected chi connectivity index (χ3v) is 6.04. The molecular formula is C25H32BrNO5. The van der Waals surface area contributed by atoms with Crippen LogP contribution < -0.4 is 4.74 Å². The van der Waals surface area contributed by atoms with Gasteiger partial charge >= 0.3 is 5.97 Å². The molecule has 0 amide bonds. The SMILES string of the molecule is Cc1nc(CO)c([C@H](OC(C)(C)C)C(=O)OC(C)C)c(-c2ccc3c(c2)CCCO3)c1Br. The summed E-state index contributed by atoms with van der Waals surface area (Å²) in [6, 6.07) is 6.01. The van der Waals surface area contributed by atoms with Crippen molar-refractivity contribution < 1.29 is 24.1 Å². The van der Waals surface area contributed by atoms with E-state index in [1.54, 1.807) is 13.8 Å². The number of fused-ring (bicyclic) bond motifs is 1. The summed E-state index contributed by atoms with van der Waals surface area (Å²) in [5.74, 6) is 0.372. The number of ether oxygens (including phenoxy) is 3. The Morgan fingerprint density at radius 3 is 2.66 bits per heavy atom. The van der Waals surface area contributed by atoms with Gasteiger partial charge in [-0.2, -0.15) is 0 Å². The van der Waals surface area contributed by atoms with E-state index in [1.165, 1.54) is 0 Å². The Bertz CT molecular complexity index is 997. The number of pyridine rings is 1. The minimum absolute atomic E-state index is 0.308. The van der Waals surface area contributed by atoms with Crippen LogP contribution in [0.1, 0.15) is 69.7 Å². The van der Waals surface area contributed by atoms with Gasteiger partial charge in [-0.1, -0.05) is 6.07 Å². The Balaban J connectivity index is 2.27. The molecule has 1 aromatic carbocycles. The van der Waals surface area contributed by atoms with Crippen LogP contribution in [-0.2, 0) is 27.3 Å². The highest BCUT2D eigenvalue weighted by molar-refractivity contribution is 9.10. The molecule has 0 spiro atoms. The van der Waals surface area contributed by atoms with E-state index in [-0.39, 0.29) is 12.7 Å². The van der Waals surface area contributed by atoms with Crippen LogP contribution >= 0.6 is 15.9 Å². The molecule has 32 heavy (non-hydrogen) atoms. The molecule has 0 bridgehead atoms. The highest BCUT2D eigenvalue weighted by Crippen LogP contribution is 2.42. The minimum Gasteiger partial charge on any atom is -0.493 e. The quantitative estimate of drug-likeness (QED) is 0.526. The second-order valence-corrected chi connectivity index (χ2v) is 10.1. The number of esters is 1. The van der Waals surface area contributed by atoms with Gasteiger partial charge in [0.15, 0.2) is 6.10 Å². The van der Waals surface area contributed by atoms with Crippen molar-refractivity contribution in [3.63, 3.8) is 0 Å². The van der Waals surface area contributed by atoms with Crippen LogP contribution in [0.25, 0.3) is 11.1 Å². The number of aromatic nitrogens is 1. The first-order valence-electron chi connectivity index (χ1n) is 11.0. The lowest BCUT2D eigenvalue weighted by molar-refractivity contribution is -0.171. The molecule has 7 heteroatoms. The van der Waals surface area contributed by atoms with Crippen molar-refractivity contribution in [2.24, 2.45) is 0 Å². The van der Waals surface area contributed by atoms with E-state index >= 15 is 0 Å². The van der Waals surface area contributed by atoms with Crippen molar-refractivity contribution >= 4 is 21.9 Å². The molecule has 1 aliphatic rings. The number of nitrogens with zero attached hydrogens (tertiary/aromatic N) is 1. The lowest BCUT2D eigenvalue weighted by Gasteiger charge is -2.30. The Hall–Kier alpha value is -1.96. The molecule has 0 saturated heterocycles. The molecule has 2 heterocycles. The van der Waals surface area contributed by atoms with Crippen LogP contribution in [0.3, 0.4) is 0 Å². The highest BCUT2D eigenvalue weighted by atomic mass is 79.9. The lowest BCUT2D eigenvalue weighted by atomic mass is 9.91. The largest absolute Gasteiger partial charge is 0.493 e. The van der Waals surface area contributed by atoms with Crippen LogP contribution in [0, 0.1) is 6.92 Å². The summed E-state index contributed by atoms with van der Waals surface area (Å²) in [7, 11) is 0. The van der Waals surface area contributed by atoms with Gasteiger partial charge < -0.3 is 19.3 Å². The van der Waals surface area contributed by atoms with Gasteiger partial charge in [-0.25, -0.2) is 4.79 Å². The summed E-state index contributed by atoms with van der Waals surface area (Å²) in [5.41, 5.74) is 3.78. The topological polar surface area (TPSA) is 77.9 Å². The molecule has 174 valence electrons. The van der Waals surface area contributed by atoms with E-state index in [0.717, 1.165) is 39.8 Å². The van der Waals surface area contributed by atoms with E-state index < -0.39 is 17.7 Å². The number of carbonyl (C=O) groups excluding carboxylic acids is 1. The number of aliphatic hydroxyl groups is 1. The van der Waals surface area contributed by atoms with Crippen LogP contribution in [0.2, 0.25) is 0 Å². The first-order valence-corrected chi connectivity index (χ1v) is 11.7. The number of benzene rings is 1. The summed E-state index contributed by atoms with van der Waals surface area (Å²) in [5, 5.41) is 10.2. The number of aliphatic hydroxyl groups excluding tert-OH is 1. The van der Waals surface area contributed by atoms with Crippen LogP contribution in [0.5, 0.6) is 5.75 Å². The van der Waals surface area contributed by atoms with Gasteiger partial charge in [0, 0.05) is 15.6 Å². The van der Waals surface area contributed by atoms with Gasteiger partial charge in [0.2, 0.25) is 0 Å². The lowest BCUT2D eigenvalue weighted by Crippen LogP contribution is -2.31. The predicted octanol–water partition coefficient (Wildman–Crippen LogP) is 5.44. The highest BCUT2D eigenvalue weighted by Gasteiger charge is 2.35. The number of carbonyl (C=O) groups is 1. The molecule has 0 unspecified atom stereocenters. The maximum Gasteiger partial charge on any atom is 0.340 e. The van der Waals surface area contributed by atoms with Crippen molar-refractivity contribution in [3.05, 3.63) is 45.2 Å². The van der Waals surface area contributed by atoms with Gasteiger partial charge in [-0.05, 0) is 93.6 Å². The first kappa shape index (κ1) is 24.7. The van der Waals surface area contributed by atoms with Crippen LogP contribution in [0.15, 0.2) is 22.7 Å².